The highest BCUT2D eigenvalue weighted by Gasteiger charge is 2.29. The molecule has 9 heteroatoms. The molecule has 1 atom stereocenters. The van der Waals surface area contributed by atoms with E-state index in [1.165, 1.54) is 6.07 Å². The highest BCUT2D eigenvalue weighted by atomic mass is 32.2. The van der Waals surface area contributed by atoms with Crippen LogP contribution in [-0.4, -0.2) is 57.4 Å². The highest BCUT2D eigenvalue weighted by molar-refractivity contribution is 7.89. The Morgan fingerprint density at radius 2 is 1.58 bits per heavy atom. The van der Waals surface area contributed by atoms with E-state index in [-0.39, 0.29) is 28.8 Å². The second-order valence-electron chi connectivity index (χ2n) is 9.16. The molecule has 36 heavy (non-hydrogen) atoms. The molecular weight excluding hydrogens is 476 g/mol. The molecule has 190 valence electrons. The van der Waals surface area contributed by atoms with Crippen LogP contribution in [0.3, 0.4) is 0 Å². The molecule has 3 aromatic rings. The van der Waals surface area contributed by atoms with Crippen LogP contribution in [-0.2, 0) is 14.8 Å². The van der Waals surface area contributed by atoms with Crippen LogP contribution in [0.5, 0.6) is 0 Å². The van der Waals surface area contributed by atoms with E-state index in [1.807, 2.05) is 38.1 Å². The average molecular weight is 509 g/mol. The second kappa shape index (κ2) is 10.8. The third-order valence-electron chi connectivity index (χ3n) is 6.74. The molecule has 1 heterocycles. The summed E-state index contributed by atoms with van der Waals surface area (Å²) < 4.78 is 29.6. The molecule has 1 saturated heterocycles. The van der Waals surface area contributed by atoms with E-state index < -0.39 is 10.0 Å². The number of hydrogen-bond acceptors (Lipinski definition) is 5. The fraction of sp³-hybridized carbons (Fsp3) is 0.333. The van der Waals surface area contributed by atoms with Crippen molar-refractivity contribution in [3.05, 3.63) is 71.8 Å². The molecule has 0 aromatic heterocycles. The number of rotatable bonds is 7. The molecule has 0 saturated carbocycles. The van der Waals surface area contributed by atoms with Gasteiger partial charge in [-0.15, -0.1) is 0 Å². The molecule has 1 aliphatic rings. The van der Waals surface area contributed by atoms with Crippen LogP contribution >= 0.6 is 0 Å². The minimum Gasteiger partial charge on any atom is -0.341 e. The fourth-order valence-electron chi connectivity index (χ4n) is 4.53. The number of nitrogens with one attached hydrogen (secondary N) is 3. The Hall–Kier alpha value is -3.27. The van der Waals surface area contributed by atoms with Crippen molar-refractivity contribution in [1.82, 2.24) is 14.9 Å². The van der Waals surface area contributed by atoms with Gasteiger partial charge in [0.25, 0.3) is 5.91 Å². The van der Waals surface area contributed by atoms with Crippen molar-refractivity contribution in [3.8, 4) is 0 Å². The van der Waals surface area contributed by atoms with Crippen molar-refractivity contribution >= 4 is 38.3 Å². The van der Waals surface area contributed by atoms with E-state index in [4.69, 9.17) is 0 Å². The van der Waals surface area contributed by atoms with Gasteiger partial charge in [-0.25, -0.2) is 13.1 Å². The number of sulfonamides is 1. The Bertz CT molecular complexity index is 1380. The zero-order valence-electron chi connectivity index (χ0n) is 20.7. The van der Waals surface area contributed by atoms with Gasteiger partial charge in [0.15, 0.2) is 0 Å². The van der Waals surface area contributed by atoms with Crippen LogP contribution in [0.1, 0.15) is 35.7 Å². The molecular formula is C27H32N4O4S. The zero-order valence-corrected chi connectivity index (χ0v) is 21.6. The lowest BCUT2D eigenvalue weighted by Crippen LogP contribution is -2.50. The SMILES string of the molecule is CN[C@@H](C)C(=O)N1CCC(NS(=O)(=O)c2ccc(NC(=O)c3ccccc3C)c3ccccc23)CC1. The van der Waals surface area contributed by atoms with Crippen LogP contribution in [0.15, 0.2) is 65.6 Å². The number of hydrogen-bond donors (Lipinski definition) is 3. The van der Waals surface area contributed by atoms with E-state index in [0.29, 0.717) is 48.0 Å². The number of aryl methyl sites for hydroxylation is 1. The molecule has 0 unspecified atom stereocenters. The van der Waals surface area contributed by atoms with Crippen LogP contribution < -0.4 is 15.4 Å². The summed E-state index contributed by atoms with van der Waals surface area (Å²) in [7, 11) is -2.08. The minimum absolute atomic E-state index is 0.0214. The number of likely N-dealkylation sites (N-methyl/N-ethyl adjacent to an activating group) is 1. The van der Waals surface area contributed by atoms with Gasteiger partial charge in [0, 0.05) is 41.2 Å². The number of nitrogens with zero attached hydrogens (tertiary/aromatic N) is 1. The molecule has 0 spiro atoms. The van der Waals surface area contributed by atoms with Crippen molar-refractivity contribution in [1.29, 1.82) is 0 Å². The van der Waals surface area contributed by atoms with Gasteiger partial charge in [-0.2, -0.15) is 0 Å². The van der Waals surface area contributed by atoms with Gasteiger partial charge in [-0.3, -0.25) is 9.59 Å². The van der Waals surface area contributed by atoms with Crippen molar-refractivity contribution in [2.24, 2.45) is 0 Å². The van der Waals surface area contributed by atoms with E-state index in [2.05, 4.69) is 15.4 Å². The van der Waals surface area contributed by atoms with Crippen molar-refractivity contribution in [3.63, 3.8) is 0 Å². The van der Waals surface area contributed by atoms with Gasteiger partial charge in [0.2, 0.25) is 15.9 Å². The van der Waals surface area contributed by atoms with E-state index in [0.717, 1.165) is 5.56 Å². The van der Waals surface area contributed by atoms with Gasteiger partial charge in [0.05, 0.1) is 10.9 Å². The molecule has 3 aromatic carbocycles. The van der Waals surface area contributed by atoms with Crippen molar-refractivity contribution < 1.29 is 18.0 Å². The number of amides is 2. The first-order chi connectivity index (χ1) is 17.2. The van der Waals surface area contributed by atoms with E-state index in [9.17, 15) is 18.0 Å². The maximum atomic E-state index is 13.4. The van der Waals surface area contributed by atoms with Gasteiger partial charge < -0.3 is 15.5 Å². The fourth-order valence-corrected chi connectivity index (χ4v) is 6.05. The maximum Gasteiger partial charge on any atom is 0.255 e. The molecule has 1 aliphatic heterocycles. The Labute approximate surface area is 212 Å². The molecule has 0 aliphatic carbocycles. The average Bonchev–Trinajstić information content (AvgIpc) is 2.88. The molecule has 4 rings (SSSR count). The summed E-state index contributed by atoms with van der Waals surface area (Å²) in [5, 5.41) is 7.06. The van der Waals surface area contributed by atoms with Gasteiger partial charge >= 0.3 is 0 Å². The summed E-state index contributed by atoms with van der Waals surface area (Å²) in [4.78, 5) is 27.2. The summed E-state index contributed by atoms with van der Waals surface area (Å²) in [6, 6.07) is 17.1. The normalized spacial score (nSPS) is 15.6. The molecule has 1 fully saturated rings. The van der Waals surface area contributed by atoms with Gasteiger partial charge in [-0.1, -0.05) is 42.5 Å². The van der Waals surface area contributed by atoms with Crippen LogP contribution in [0.4, 0.5) is 5.69 Å². The first-order valence-electron chi connectivity index (χ1n) is 12.1. The summed E-state index contributed by atoms with van der Waals surface area (Å²) in [5.74, 6) is -0.228. The number of fused-ring (bicyclic) bond motifs is 1. The second-order valence-corrected chi connectivity index (χ2v) is 10.8. The number of anilines is 1. The van der Waals surface area contributed by atoms with Gasteiger partial charge in [0.1, 0.15) is 0 Å². The first kappa shape index (κ1) is 25.8. The third kappa shape index (κ3) is 5.43. The minimum atomic E-state index is -3.83. The van der Waals surface area contributed by atoms with Crippen molar-refractivity contribution in [2.75, 3.05) is 25.5 Å². The number of carbonyl (C=O) groups excluding carboxylic acids is 2. The molecule has 3 N–H and O–H groups in total. The standard InChI is InChI=1S/C27H32N4O4S/c1-18-8-4-5-9-21(18)26(32)29-24-12-13-25(23-11-7-6-10-22(23)24)36(34,35)30-20-14-16-31(17-15-20)27(33)19(2)28-3/h4-13,19-20,28,30H,14-17H2,1-3H3,(H,29,32)/t19-/m0/s1. The lowest BCUT2D eigenvalue weighted by atomic mass is 10.1. The molecule has 8 nitrogen and oxygen atoms in total. The number of likely N-dealkylation sites (tertiary alicyclic amines) is 1. The highest BCUT2D eigenvalue weighted by Crippen LogP contribution is 2.30. The third-order valence-corrected chi connectivity index (χ3v) is 8.32. The molecule has 2 amide bonds. The monoisotopic (exact) mass is 508 g/mol. The Kier molecular flexibility index (Phi) is 7.73. The van der Waals surface area contributed by atoms with Crippen LogP contribution in [0.2, 0.25) is 0 Å². The Morgan fingerprint density at radius 1 is 0.944 bits per heavy atom. The topological polar surface area (TPSA) is 108 Å². The molecule has 0 radical (unpaired) electrons. The number of benzene rings is 3. The quantitative estimate of drug-likeness (QED) is 0.454. The lowest BCUT2D eigenvalue weighted by molar-refractivity contribution is -0.133. The van der Waals surface area contributed by atoms with Gasteiger partial charge in [-0.05, 0) is 57.5 Å². The summed E-state index contributed by atoms with van der Waals surface area (Å²) in [6.45, 7) is 4.69. The summed E-state index contributed by atoms with van der Waals surface area (Å²) >= 11 is 0. The zero-order chi connectivity index (χ0) is 25.9. The smallest absolute Gasteiger partial charge is 0.255 e. The maximum absolute atomic E-state index is 13.4. The predicted molar refractivity (Wildman–Crippen MR) is 142 cm³/mol. The largest absolute Gasteiger partial charge is 0.341 e. The number of carbonyl (C=O) groups is 2. The van der Waals surface area contributed by atoms with Crippen molar-refractivity contribution in [2.45, 2.75) is 43.7 Å². The van der Waals surface area contributed by atoms with Crippen LogP contribution in [0, 0.1) is 6.92 Å². The summed E-state index contributed by atoms with van der Waals surface area (Å²) in [5.41, 5.74) is 1.97. The number of piperidine rings is 1. The predicted octanol–water partition coefficient (Wildman–Crippen LogP) is 3.28. The Balaban J connectivity index is 1.53. The Morgan fingerprint density at radius 3 is 2.25 bits per heavy atom. The van der Waals surface area contributed by atoms with Crippen LogP contribution in [0.25, 0.3) is 10.8 Å². The van der Waals surface area contributed by atoms with E-state index >= 15 is 0 Å². The van der Waals surface area contributed by atoms with E-state index in [1.54, 1.807) is 42.3 Å². The first-order valence-corrected chi connectivity index (χ1v) is 13.6. The summed E-state index contributed by atoms with van der Waals surface area (Å²) in [6.07, 6.45) is 1.09. The lowest BCUT2D eigenvalue weighted by Gasteiger charge is -2.33. The molecule has 0 bridgehead atoms.